The molecule has 0 amide bonds. The molecule has 1 aromatic carbocycles. The van der Waals surface area contributed by atoms with Crippen molar-refractivity contribution in [2.24, 2.45) is 0 Å². The first-order chi connectivity index (χ1) is 7.31. The van der Waals surface area contributed by atoms with Crippen LogP contribution in [0.2, 0.25) is 0 Å². The molecule has 0 bridgehead atoms. The topological polar surface area (TPSA) is 50.9 Å². The first-order valence-corrected chi connectivity index (χ1v) is 4.96. The summed E-state index contributed by atoms with van der Waals surface area (Å²) >= 11 is 0. The molecule has 0 spiro atoms. The van der Waals surface area contributed by atoms with E-state index in [1.54, 1.807) is 18.3 Å². The van der Waals surface area contributed by atoms with Gasteiger partial charge in [0, 0.05) is 6.20 Å². The van der Waals surface area contributed by atoms with Crippen molar-refractivity contribution in [3.05, 3.63) is 42.2 Å². The maximum Gasteiger partial charge on any atom is 0.115 e. The van der Waals surface area contributed by atoms with Gasteiger partial charge in [0.1, 0.15) is 5.75 Å². The fourth-order valence-electron chi connectivity index (χ4n) is 1.66. The highest BCUT2D eigenvalue weighted by atomic mass is 16.3. The minimum Gasteiger partial charge on any atom is -0.508 e. The summed E-state index contributed by atoms with van der Waals surface area (Å²) in [4.78, 5) is 0. The fraction of sp³-hybridized carbons (Fsp3) is 0.273. The van der Waals surface area contributed by atoms with E-state index in [4.69, 9.17) is 0 Å². The summed E-state index contributed by atoms with van der Waals surface area (Å²) in [5.41, 5.74) is 1.13. The Morgan fingerprint density at radius 2 is 2.07 bits per heavy atom. The highest BCUT2D eigenvalue weighted by Gasteiger charge is 2.11. The normalized spacial score (nSPS) is 12.6. The number of benzene rings is 1. The van der Waals surface area contributed by atoms with Gasteiger partial charge >= 0.3 is 0 Å². The van der Waals surface area contributed by atoms with Gasteiger partial charge in [-0.25, -0.2) is 4.68 Å². The van der Waals surface area contributed by atoms with Gasteiger partial charge in [-0.15, -0.1) is 5.10 Å². The average molecular weight is 203 g/mol. The van der Waals surface area contributed by atoms with Crippen LogP contribution in [0.5, 0.6) is 5.75 Å². The lowest BCUT2D eigenvalue weighted by molar-refractivity contribution is 0.471. The van der Waals surface area contributed by atoms with Crippen molar-refractivity contribution >= 4 is 0 Å². The van der Waals surface area contributed by atoms with Crippen molar-refractivity contribution in [3.8, 4) is 5.75 Å². The summed E-state index contributed by atoms with van der Waals surface area (Å²) in [5, 5.41) is 17.0. The number of phenolic OH excluding ortho intramolecular Hbond substituents is 1. The molecule has 4 heteroatoms. The Balaban J connectivity index is 2.31. The van der Waals surface area contributed by atoms with Gasteiger partial charge in [-0.05, 0) is 24.1 Å². The Labute approximate surface area is 88.2 Å². The van der Waals surface area contributed by atoms with Gasteiger partial charge in [-0.2, -0.15) is 0 Å². The average Bonchev–Trinajstić information content (AvgIpc) is 2.75. The molecule has 0 radical (unpaired) electrons. The van der Waals surface area contributed by atoms with Gasteiger partial charge in [0.2, 0.25) is 0 Å². The number of nitrogens with zero attached hydrogens (tertiary/aromatic N) is 3. The molecule has 1 aromatic heterocycles. The minimum absolute atomic E-state index is 0.188. The highest BCUT2D eigenvalue weighted by Crippen LogP contribution is 2.22. The molecular weight excluding hydrogens is 190 g/mol. The molecule has 4 nitrogen and oxygen atoms in total. The lowest BCUT2D eigenvalue weighted by Crippen LogP contribution is -2.10. The molecule has 0 aliphatic heterocycles. The summed E-state index contributed by atoms with van der Waals surface area (Å²) in [5.74, 6) is 0.284. The molecule has 2 rings (SSSR count). The van der Waals surface area contributed by atoms with Crippen LogP contribution in [0.25, 0.3) is 0 Å². The predicted molar refractivity (Wildman–Crippen MR) is 56.6 cm³/mol. The quantitative estimate of drug-likeness (QED) is 0.829. The molecule has 1 N–H and O–H groups in total. The summed E-state index contributed by atoms with van der Waals surface area (Å²) in [6.07, 6.45) is 4.46. The summed E-state index contributed by atoms with van der Waals surface area (Å²) in [7, 11) is 0. The number of phenols is 1. The second-order valence-corrected chi connectivity index (χ2v) is 3.40. The minimum atomic E-state index is 0.188. The van der Waals surface area contributed by atoms with E-state index in [1.165, 1.54) is 0 Å². The first-order valence-electron chi connectivity index (χ1n) is 4.96. The van der Waals surface area contributed by atoms with E-state index in [2.05, 4.69) is 17.2 Å². The van der Waals surface area contributed by atoms with Gasteiger partial charge < -0.3 is 5.11 Å². The molecule has 2 aromatic rings. The van der Waals surface area contributed by atoms with Crippen LogP contribution in [0.3, 0.4) is 0 Å². The standard InChI is InChI=1S/C11H13N3O/c1-2-11(14-8-7-12-13-14)9-3-5-10(15)6-4-9/h3-8,11,15H,2H2,1H3. The van der Waals surface area contributed by atoms with E-state index < -0.39 is 0 Å². The third-order valence-electron chi connectivity index (χ3n) is 2.42. The molecule has 0 saturated heterocycles. The largest absolute Gasteiger partial charge is 0.508 e. The number of rotatable bonds is 3. The van der Waals surface area contributed by atoms with E-state index in [-0.39, 0.29) is 11.8 Å². The van der Waals surface area contributed by atoms with Gasteiger partial charge in [0.15, 0.2) is 0 Å². The number of aromatic nitrogens is 3. The molecule has 1 heterocycles. The molecule has 1 atom stereocenters. The van der Waals surface area contributed by atoms with Crippen LogP contribution >= 0.6 is 0 Å². The molecule has 15 heavy (non-hydrogen) atoms. The zero-order valence-electron chi connectivity index (χ0n) is 8.54. The van der Waals surface area contributed by atoms with E-state index in [0.29, 0.717) is 0 Å². The molecule has 1 unspecified atom stereocenters. The van der Waals surface area contributed by atoms with Crippen molar-refractivity contribution < 1.29 is 5.11 Å². The zero-order chi connectivity index (χ0) is 10.7. The molecule has 0 saturated carbocycles. The summed E-state index contributed by atoms with van der Waals surface area (Å²) < 4.78 is 1.83. The van der Waals surface area contributed by atoms with Gasteiger partial charge in [-0.1, -0.05) is 24.3 Å². The summed E-state index contributed by atoms with van der Waals surface area (Å²) in [6, 6.07) is 7.38. The van der Waals surface area contributed by atoms with E-state index in [9.17, 15) is 5.11 Å². The molecule has 0 aliphatic rings. The molecule has 78 valence electrons. The van der Waals surface area contributed by atoms with E-state index >= 15 is 0 Å². The van der Waals surface area contributed by atoms with Crippen LogP contribution in [0.15, 0.2) is 36.7 Å². The third kappa shape index (κ3) is 1.98. The van der Waals surface area contributed by atoms with Gasteiger partial charge in [0.05, 0.1) is 12.2 Å². The van der Waals surface area contributed by atoms with Crippen LogP contribution in [-0.2, 0) is 0 Å². The van der Waals surface area contributed by atoms with Gasteiger partial charge in [0.25, 0.3) is 0 Å². The van der Waals surface area contributed by atoms with E-state index in [1.807, 2.05) is 23.0 Å². The molecule has 0 aliphatic carbocycles. The fourth-order valence-corrected chi connectivity index (χ4v) is 1.66. The Morgan fingerprint density at radius 1 is 1.33 bits per heavy atom. The predicted octanol–water partition coefficient (Wildman–Crippen LogP) is 1.98. The lowest BCUT2D eigenvalue weighted by atomic mass is 10.0. The van der Waals surface area contributed by atoms with Crippen LogP contribution < -0.4 is 0 Å². The third-order valence-corrected chi connectivity index (χ3v) is 2.42. The lowest BCUT2D eigenvalue weighted by Gasteiger charge is -2.14. The number of hydrogen-bond donors (Lipinski definition) is 1. The van der Waals surface area contributed by atoms with Crippen LogP contribution in [0, 0.1) is 0 Å². The van der Waals surface area contributed by atoms with Crippen molar-refractivity contribution in [1.29, 1.82) is 0 Å². The van der Waals surface area contributed by atoms with Crippen molar-refractivity contribution in [1.82, 2.24) is 15.0 Å². The highest BCUT2D eigenvalue weighted by molar-refractivity contribution is 5.28. The van der Waals surface area contributed by atoms with Crippen molar-refractivity contribution in [2.75, 3.05) is 0 Å². The zero-order valence-corrected chi connectivity index (χ0v) is 8.54. The van der Waals surface area contributed by atoms with Crippen LogP contribution in [-0.4, -0.2) is 20.1 Å². The summed E-state index contributed by atoms with van der Waals surface area (Å²) in [6.45, 7) is 2.10. The monoisotopic (exact) mass is 203 g/mol. The number of aromatic hydroxyl groups is 1. The van der Waals surface area contributed by atoms with Crippen LogP contribution in [0.1, 0.15) is 24.9 Å². The van der Waals surface area contributed by atoms with Crippen LogP contribution in [0.4, 0.5) is 0 Å². The first kappa shape index (κ1) is 9.71. The van der Waals surface area contributed by atoms with Crippen molar-refractivity contribution in [3.63, 3.8) is 0 Å². The SMILES string of the molecule is CCC(c1ccc(O)cc1)n1ccnn1. The Bertz CT molecular complexity index is 408. The second-order valence-electron chi connectivity index (χ2n) is 3.40. The second kappa shape index (κ2) is 4.13. The van der Waals surface area contributed by atoms with E-state index in [0.717, 1.165) is 12.0 Å². The Hall–Kier alpha value is -1.84. The maximum atomic E-state index is 9.21. The van der Waals surface area contributed by atoms with Crippen molar-refractivity contribution in [2.45, 2.75) is 19.4 Å². The Morgan fingerprint density at radius 3 is 2.60 bits per heavy atom. The Kier molecular flexibility index (Phi) is 2.67. The smallest absolute Gasteiger partial charge is 0.115 e. The maximum absolute atomic E-state index is 9.21. The molecular formula is C11H13N3O. The van der Waals surface area contributed by atoms with Gasteiger partial charge in [-0.3, -0.25) is 0 Å². The number of hydrogen-bond acceptors (Lipinski definition) is 3. The molecule has 0 fully saturated rings.